The zero-order valence-electron chi connectivity index (χ0n) is 10.9. The summed E-state index contributed by atoms with van der Waals surface area (Å²) in [7, 11) is 6.13. The zero-order valence-corrected chi connectivity index (χ0v) is 12.5. The third-order valence-corrected chi connectivity index (χ3v) is 3.28. The van der Waals surface area contributed by atoms with Crippen LogP contribution in [0.1, 0.15) is 5.56 Å². The van der Waals surface area contributed by atoms with Gasteiger partial charge >= 0.3 is 0 Å². The van der Waals surface area contributed by atoms with Crippen LogP contribution < -0.4 is 10.6 Å². The van der Waals surface area contributed by atoms with Crippen molar-refractivity contribution in [2.45, 2.75) is 0 Å². The lowest BCUT2D eigenvalue weighted by Gasteiger charge is -2.23. The van der Waals surface area contributed by atoms with Crippen molar-refractivity contribution < 1.29 is 5.21 Å². The minimum atomic E-state index is 0.109. The Bertz CT molecular complexity index is 434. The van der Waals surface area contributed by atoms with Gasteiger partial charge in [0.1, 0.15) is 0 Å². The van der Waals surface area contributed by atoms with Crippen molar-refractivity contribution in [1.82, 2.24) is 4.90 Å². The van der Waals surface area contributed by atoms with Gasteiger partial charge in [-0.2, -0.15) is 0 Å². The largest absolute Gasteiger partial charge is 0.409 e. The SMILES string of the molecule is CN(C)CCN(C)c1ccc(/C(N)=N/O)cc1Br. The van der Waals surface area contributed by atoms with E-state index in [9.17, 15) is 0 Å². The first kappa shape index (κ1) is 14.8. The van der Waals surface area contributed by atoms with Crippen LogP contribution in [0.5, 0.6) is 0 Å². The first-order valence-electron chi connectivity index (χ1n) is 5.59. The van der Waals surface area contributed by atoms with Crippen molar-refractivity contribution in [1.29, 1.82) is 0 Å². The molecule has 1 rings (SSSR count). The molecule has 100 valence electrons. The van der Waals surface area contributed by atoms with E-state index in [0.717, 1.165) is 23.2 Å². The van der Waals surface area contributed by atoms with E-state index in [1.54, 1.807) is 0 Å². The Hall–Kier alpha value is -1.27. The summed E-state index contributed by atoms with van der Waals surface area (Å²) >= 11 is 3.50. The van der Waals surface area contributed by atoms with E-state index in [1.807, 2.05) is 39.3 Å². The van der Waals surface area contributed by atoms with Gasteiger partial charge in [0.2, 0.25) is 0 Å². The van der Waals surface area contributed by atoms with Crippen LogP contribution in [0.3, 0.4) is 0 Å². The van der Waals surface area contributed by atoms with Gasteiger partial charge in [0.05, 0.1) is 5.69 Å². The van der Waals surface area contributed by atoms with Crippen LogP contribution in [0.15, 0.2) is 27.8 Å². The Balaban J connectivity index is 2.85. The lowest BCUT2D eigenvalue weighted by atomic mass is 10.2. The fourth-order valence-electron chi connectivity index (χ4n) is 1.50. The number of rotatable bonds is 5. The molecule has 0 aliphatic heterocycles. The van der Waals surface area contributed by atoms with Gasteiger partial charge in [0, 0.05) is 30.2 Å². The highest BCUT2D eigenvalue weighted by molar-refractivity contribution is 9.10. The van der Waals surface area contributed by atoms with Crippen molar-refractivity contribution in [3.8, 4) is 0 Å². The molecule has 3 N–H and O–H groups in total. The molecular weight excluding hydrogens is 296 g/mol. The number of likely N-dealkylation sites (N-methyl/N-ethyl adjacent to an activating group) is 2. The van der Waals surface area contributed by atoms with Crippen LogP contribution in [0.25, 0.3) is 0 Å². The summed E-state index contributed by atoms with van der Waals surface area (Å²) in [5, 5.41) is 11.6. The highest BCUT2D eigenvalue weighted by Gasteiger charge is 2.08. The smallest absolute Gasteiger partial charge is 0.170 e. The van der Waals surface area contributed by atoms with Crippen molar-refractivity contribution in [2.24, 2.45) is 10.9 Å². The van der Waals surface area contributed by atoms with Gasteiger partial charge in [0.15, 0.2) is 5.84 Å². The number of hydrogen-bond acceptors (Lipinski definition) is 4. The normalized spacial score (nSPS) is 11.9. The molecule has 0 aliphatic carbocycles. The van der Waals surface area contributed by atoms with Crippen LogP contribution >= 0.6 is 15.9 Å². The molecule has 0 aliphatic rings. The van der Waals surface area contributed by atoms with Gasteiger partial charge in [0.25, 0.3) is 0 Å². The molecular formula is C12H19BrN4O. The van der Waals surface area contributed by atoms with Gasteiger partial charge in [-0.25, -0.2) is 0 Å². The fourth-order valence-corrected chi connectivity index (χ4v) is 2.19. The molecule has 0 atom stereocenters. The second-order valence-corrected chi connectivity index (χ2v) is 5.23. The molecule has 0 aromatic heterocycles. The molecule has 0 fully saturated rings. The van der Waals surface area contributed by atoms with Crippen LogP contribution in [0, 0.1) is 0 Å². The van der Waals surface area contributed by atoms with Gasteiger partial charge < -0.3 is 20.7 Å². The Morgan fingerprint density at radius 2 is 2.00 bits per heavy atom. The molecule has 0 bridgehead atoms. The topological polar surface area (TPSA) is 65.1 Å². The first-order valence-corrected chi connectivity index (χ1v) is 6.38. The summed E-state index contributed by atoms with van der Waals surface area (Å²) in [6.45, 7) is 1.90. The zero-order chi connectivity index (χ0) is 13.7. The molecule has 6 heteroatoms. The number of amidine groups is 1. The maximum atomic E-state index is 8.63. The lowest BCUT2D eigenvalue weighted by Crippen LogP contribution is -2.28. The van der Waals surface area contributed by atoms with Crippen molar-refractivity contribution in [3.05, 3.63) is 28.2 Å². The summed E-state index contributed by atoms with van der Waals surface area (Å²) < 4.78 is 0.924. The van der Waals surface area contributed by atoms with E-state index in [4.69, 9.17) is 10.9 Å². The molecule has 0 saturated carbocycles. The lowest BCUT2D eigenvalue weighted by molar-refractivity contribution is 0.318. The number of hydrogen-bond donors (Lipinski definition) is 2. The van der Waals surface area contributed by atoms with Crippen molar-refractivity contribution in [3.63, 3.8) is 0 Å². The first-order chi connectivity index (χ1) is 8.45. The standard InChI is InChI=1S/C12H19BrN4O/c1-16(2)6-7-17(3)11-5-4-9(8-10(11)13)12(14)15-18/h4-5,8,18H,6-7H2,1-3H3,(H2,14,15). The maximum absolute atomic E-state index is 8.63. The molecule has 1 aromatic rings. The fraction of sp³-hybridized carbons (Fsp3) is 0.417. The molecule has 1 aromatic carbocycles. The average Bonchev–Trinajstić information content (AvgIpc) is 2.34. The predicted octanol–water partition coefficient (Wildman–Crippen LogP) is 1.54. The molecule has 0 saturated heterocycles. The summed E-state index contributed by atoms with van der Waals surface area (Å²) in [6.07, 6.45) is 0. The van der Waals surface area contributed by atoms with E-state index < -0.39 is 0 Å². The summed E-state index contributed by atoms with van der Waals surface area (Å²) in [5.41, 5.74) is 7.31. The quantitative estimate of drug-likeness (QED) is 0.374. The van der Waals surface area contributed by atoms with E-state index >= 15 is 0 Å². The highest BCUT2D eigenvalue weighted by atomic mass is 79.9. The van der Waals surface area contributed by atoms with E-state index in [2.05, 4.69) is 30.9 Å². The van der Waals surface area contributed by atoms with E-state index in [1.165, 1.54) is 0 Å². The Labute approximate surface area is 116 Å². The van der Waals surface area contributed by atoms with E-state index in [-0.39, 0.29) is 5.84 Å². The number of oxime groups is 1. The highest BCUT2D eigenvalue weighted by Crippen LogP contribution is 2.26. The Morgan fingerprint density at radius 1 is 1.33 bits per heavy atom. The number of nitrogens with two attached hydrogens (primary N) is 1. The minimum absolute atomic E-state index is 0.109. The van der Waals surface area contributed by atoms with Crippen LogP contribution in [-0.2, 0) is 0 Å². The number of nitrogens with zero attached hydrogens (tertiary/aromatic N) is 3. The molecule has 0 radical (unpaired) electrons. The molecule has 0 heterocycles. The van der Waals surface area contributed by atoms with Gasteiger partial charge in [-0.05, 0) is 48.2 Å². The number of anilines is 1. The Morgan fingerprint density at radius 3 is 2.50 bits per heavy atom. The van der Waals surface area contributed by atoms with E-state index in [0.29, 0.717) is 5.56 Å². The molecule has 0 amide bonds. The molecule has 0 spiro atoms. The maximum Gasteiger partial charge on any atom is 0.170 e. The Kier molecular flexibility index (Phi) is 5.43. The third kappa shape index (κ3) is 3.89. The number of benzene rings is 1. The second kappa shape index (κ2) is 6.61. The predicted molar refractivity (Wildman–Crippen MR) is 78.5 cm³/mol. The molecule has 18 heavy (non-hydrogen) atoms. The summed E-state index contributed by atoms with van der Waals surface area (Å²) in [6, 6.07) is 5.63. The average molecular weight is 315 g/mol. The summed E-state index contributed by atoms with van der Waals surface area (Å²) in [4.78, 5) is 4.29. The molecule has 5 nitrogen and oxygen atoms in total. The van der Waals surface area contributed by atoms with Crippen molar-refractivity contribution in [2.75, 3.05) is 39.1 Å². The summed E-state index contributed by atoms with van der Waals surface area (Å²) in [5.74, 6) is 0.109. The minimum Gasteiger partial charge on any atom is -0.409 e. The van der Waals surface area contributed by atoms with Crippen LogP contribution in [-0.4, -0.2) is 50.2 Å². The number of halogens is 1. The molecule has 0 unspecified atom stereocenters. The van der Waals surface area contributed by atoms with Gasteiger partial charge in [-0.3, -0.25) is 0 Å². The van der Waals surface area contributed by atoms with Gasteiger partial charge in [-0.15, -0.1) is 0 Å². The second-order valence-electron chi connectivity index (χ2n) is 4.38. The van der Waals surface area contributed by atoms with Crippen molar-refractivity contribution >= 4 is 27.5 Å². The van der Waals surface area contributed by atoms with Crippen LogP contribution in [0.4, 0.5) is 5.69 Å². The third-order valence-electron chi connectivity index (χ3n) is 2.65. The van der Waals surface area contributed by atoms with Crippen LogP contribution in [0.2, 0.25) is 0 Å². The monoisotopic (exact) mass is 314 g/mol. The van der Waals surface area contributed by atoms with Gasteiger partial charge in [-0.1, -0.05) is 5.16 Å².